The molecule has 0 aromatic heterocycles. The van der Waals surface area contributed by atoms with Crippen LogP contribution < -0.4 is 0 Å². The van der Waals surface area contributed by atoms with E-state index in [1.807, 2.05) is 0 Å². The van der Waals surface area contributed by atoms with Crippen molar-refractivity contribution in [1.29, 1.82) is 0 Å². The molecule has 0 saturated heterocycles. The number of rotatable bonds is 3. The number of aliphatic carboxylic acids is 3. The Hall–Kier alpha value is -1.10. The number of carboxylic acids is 3. The van der Waals surface area contributed by atoms with Crippen molar-refractivity contribution >= 4 is 17.9 Å². The molecule has 7 heteroatoms. The number of carbonyl (C=O) groups is 3. The SMILES string of the molecule is C/C=C/C(=O)O.C/C=C/C(=O)O.C/C=C/C(=O)O.[Dy]. The van der Waals surface area contributed by atoms with E-state index in [0.717, 1.165) is 18.2 Å². The molecule has 0 unspecified atom stereocenters. The molecule has 0 atom stereocenters. The van der Waals surface area contributed by atoms with Crippen molar-refractivity contribution < 1.29 is 67.9 Å². The zero-order valence-corrected chi connectivity index (χ0v) is 12.9. The van der Waals surface area contributed by atoms with Crippen LogP contribution in [0.1, 0.15) is 20.8 Å². The summed E-state index contributed by atoms with van der Waals surface area (Å²) in [6, 6.07) is 0. The molecule has 19 heavy (non-hydrogen) atoms. The smallest absolute Gasteiger partial charge is 0.327 e. The number of carboxylic acid groups (broad SMARTS) is 3. The minimum Gasteiger partial charge on any atom is -0.478 e. The number of hydrogen-bond acceptors (Lipinski definition) is 3. The first kappa shape index (κ1) is 26.5. The Balaban J connectivity index is -0.0000000865. The number of allylic oxidation sites excluding steroid dienone is 3. The van der Waals surface area contributed by atoms with E-state index >= 15 is 0 Å². The first-order chi connectivity index (χ1) is 8.31. The van der Waals surface area contributed by atoms with Crippen LogP contribution in [0.4, 0.5) is 0 Å². The third-order valence-corrected chi connectivity index (χ3v) is 0.928. The maximum atomic E-state index is 9.51. The first-order valence-corrected chi connectivity index (χ1v) is 4.88. The molecule has 0 aromatic carbocycles. The predicted molar refractivity (Wildman–Crippen MR) is 67.3 cm³/mol. The second kappa shape index (κ2) is 22.1. The van der Waals surface area contributed by atoms with Gasteiger partial charge in [0.1, 0.15) is 0 Å². The zero-order valence-electron chi connectivity index (χ0n) is 10.8. The van der Waals surface area contributed by atoms with E-state index in [4.69, 9.17) is 15.3 Å². The zero-order chi connectivity index (χ0) is 15.0. The van der Waals surface area contributed by atoms with Gasteiger partial charge >= 0.3 is 17.9 Å². The first-order valence-electron chi connectivity index (χ1n) is 4.88. The quantitative estimate of drug-likeness (QED) is 0.602. The Bertz CT molecular complexity index is 279. The Labute approximate surface area is 142 Å². The van der Waals surface area contributed by atoms with E-state index in [9.17, 15) is 14.4 Å². The van der Waals surface area contributed by atoms with Crippen LogP contribution in [0.3, 0.4) is 0 Å². The molecule has 6 nitrogen and oxygen atoms in total. The summed E-state index contributed by atoms with van der Waals surface area (Å²) in [7, 11) is 0. The van der Waals surface area contributed by atoms with Crippen molar-refractivity contribution in [3.8, 4) is 0 Å². The molecule has 0 rings (SSSR count). The van der Waals surface area contributed by atoms with Crippen molar-refractivity contribution in [2.24, 2.45) is 0 Å². The Morgan fingerprint density at radius 2 is 0.789 bits per heavy atom. The van der Waals surface area contributed by atoms with Crippen LogP contribution in [-0.2, 0) is 14.4 Å². The average Bonchev–Trinajstić information content (AvgIpc) is 2.18. The van der Waals surface area contributed by atoms with E-state index < -0.39 is 17.9 Å². The van der Waals surface area contributed by atoms with Gasteiger partial charge in [0.25, 0.3) is 0 Å². The van der Waals surface area contributed by atoms with Gasteiger partial charge in [0, 0.05) is 56.4 Å². The van der Waals surface area contributed by atoms with Crippen LogP contribution in [0.5, 0.6) is 0 Å². The van der Waals surface area contributed by atoms with E-state index in [-0.39, 0.29) is 38.2 Å². The monoisotopic (exact) mass is 422 g/mol. The molecule has 0 spiro atoms. The minimum absolute atomic E-state index is 0. The standard InChI is InChI=1S/3C4H6O2.Dy/c3*1-2-3-4(5)6;/h3*2-3H,1H3,(H,5,6);/b3*3-2+;. The molecule has 0 aromatic rings. The molecule has 0 radical (unpaired) electrons. The van der Waals surface area contributed by atoms with Gasteiger partial charge in [-0.05, 0) is 20.8 Å². The molecule has 0 amide bonds. The molecule has 0 aliphatic carbocycles. The van der Waals surface area contributed by atoms with Crippen LogP contribution in [0, 0.1) is 38.2 Å². The fraction of sp³-hybridized carbons (Fsp3) is 0.250. The maximum Gasteiger partial charge on any atom is 0.327 e. The normalized spacial score (nSPS) is 9.00. The molecular formula is C12H18DyO6. The van der Waals surface area contributed by atoms with E-state index in [1.54, 1.807) is 20.8 Å². The summed E-state index contributed by atoms with van der Waals surface area (Å²) in [5.41, 5.74) is 0. The third-order valence-electron chi connectivity index (χ3n) is 0.928. The topological polar surface area (TPSA) is 112 Å². The molecule has 112 valence electrons. The van der Waals surface area contributed by atoms with Crippen LogP contribution in [0.2, 0.25) is 0 Å². The van der Waals surface area contributed by atoms with E-state index in [1.165, 1.54) is 18.2 Å². The van der Waals surface area contributed by atoms with Crippen molar-refractivity contribution in [2.75, 3.05) is 0 Å². The Morgan fingerprint density at radius 3 is 0.789 bits per heavy atom. The second-order valence-electron chi connectivity index (χ2n) is 2.51. The molecule has 0 fully saturated rings. The molecule has 0 bridgehead atoms. The summed E-state index contributed by atoms with van der Waals surface area (Å²) in [5, 5.41) is 23.5. The van der Waals surface area contributed by atoms with Crippen LogP contribution in [-0.4, -0.2) is 33.2 Å². The van der Waals surface area contributed by atoms with Crippen molar-refractivity contribution in [2.45, 2.75) is 20.8 Å². The van der Waals surface area contributed by atoms with Gasteiger partial charge in [0.15, 0.2) is 0 Å². The van der Waals surface area contributed by atoms with E-state index in [2.05, 4.69) is 0 Å². The van der Waals surface area contributed by atoms with Gasteiger partial charge in [0.2, 0.25) is 0 Å². The van der Waals surface area contributed by atoms with Gasteiger partial charge in [0.05, 0.1) is 0 Å². The van der Waals surface area contributed by atoms with Crippen LogP contribution >= 0.6 is 0 Å². The molecule has 3 N–H and O–H groups in total. The summed E-state index contributed by atoms with van der Waals surface area (Å²) in [6.07, 6.45) is 7.67. The van der Waals surface area contributed by atoms with Crippen LogP contribution in [0.25, 0.3) is 0 Å². The molecule has 0 aliphatic heterocycles. The average molecular weight is 421 g/mol. The van der Waals surface area contributed by atoms with Crippen molar-refractivity contribution in [3.63, 3.8) is 0 Å². The van der Waals surface area contributed by atoms with Gasteiger partial charge in [-0.25, -0.2) is 14.4 Å². The van der Waals surface area contributed by atoms with Gasteiger partial charge in [-0.3, -0.25) is 0 Å². The largest absolute Gasteiger partial charge is 0.478 e. The Kier molecular flexibility index (Phi) is 30.8. The van der Waals surface area contributed by atoms with Gasteiger partial charge in [-0.2, -0.15) is 0 Å². The predicted octanol–water partition coefficient (Wildman–Crippen LogP) is 1.94. The fourth-order valence-electron chi connectivity index (χ4n) is 0.428. The Morgan fingerprint density at radius 1 is 0.632 bits per heavy atom. The molecule has 0 saturated carbocycles. The molecular weight excluding hydrogens is 403 g/mol. The second-order valence-corrected chi connectivity index (χ2v) is 2.51. The minimum atomic E-state index is -0.891. The summed E-state index contributed by atoms with van der Waals surface area (Å²) in [5.74, 6) is -2.67. The summed E-state index contributed by atoms with van der Waals surface area (Å²) >= 11 is 0. The third kappa shape index (κ3) is 60.1. The van der Waals surface area contributed by atoms with Crippen molar-refractivity contribution in [1.82, 2.24) is 0 Å². The summed E-state index contributed by atoms with van der Waals surface area (Å²) in [4.78, 5) is 28.5. The van der Waals surface area contributed by atoms with Gasteiger partial charge in [-0.15, -0.1) is 0 Å². The van der Waals surface area contributed by atoms with Crippen LogP contribution in [0.15, 0.2) is 36.5 Å². The summed E-state index contributed by atoms with van der Waals surface area (Å²) in [6.45, 7) is 4.98. The fourth-order valence-corrected chi connectivity index (χ4v) is 0.428. The van der Waals surface area contributed by atoms with E-state index in [0.29, 0.717) is 0 Å². The summed E-state index contributed by atoms with van der Waals surface area (Å²) < 4.78 is 0. The number of hydrogen-bond donors (Lipinski definition) is 3. The van der Waals surface area contributed by atoms with Crippen molar-refractivity contribution in [3.05, 3.63) is 36.5 Å². The van der Waals surface area contributed by atoms with Gasteiger partial charge < -0.3 is 15.3 Å². The van der Waals surface area contributed by atoms with Gasteiger partial charge in [-0.1, -0.05) is 18.2 Å². The molecule has 0 aliphatic rings. The molecule has 0 heterocycles. The maximum absolute atomic E-state index is 9.51.